The highest BCUT2D eigenvalue weighted by Gasteiger charge is 2.00. The van der Waals surface area contributed by atoms with E-state index in [1.54, 1.807) is 0 Å². The third-order valence-electron chi connectivity index (χ3n) is 3.54. The van der Waals surface area contributed by atoms with Gasteiger partial charge >= 0.3 is 0 Å². The summed E-state index contributed by atoms with van der Waals surface area (Å²) in [7, 11) is 0. The Morgan fingerprint density at radius 2 is 1.77 bits per heavy atom. The Morgan fingerprint density at radius 3 is 2.64 bits per heavy atom. The minimum absolute atomic E-state index is 0.875. The first-order chi connectivity index (χ1) is 10.8. The number of hydrogen-bond acceptors (Lipinski definition) is 4. The van der Waals surface area contributed by atoms with Crippen LogP contribution in [0.15, 0.2) is 54.9 Å². The second kappa shape index (κ2) is 6.89. The summed E-state index contributed by atoms with van der Waals surface area (Å²) in [6, 6.07) is 14.4. The summed E-state index contributed by atoms with van der Waals surface area (Å²) in [6.45, 7) is 3.80. The second-order valence-corrected chi connectivity index (χ2v) is 5.31. The molecule has 0 unspecified atom stereocenters. The Kier molecular flexibility index (Phi) is 4.49. The molecule has 0 aliphatic heterocycles. The molecule has 0 saturated carbocycles. The van der Waals surface area contributed by atoms with Crippen LogP contribution in [0.3, 0.4) is 0 Å². The molecule has 4 heteroatoms. The molecule has 2 N–H and O–H groups in total. The number of benzene rings is 1. The van der Waals surface area contributed by atoms with Gasteiger partial charge in [0, 0.05) is 30.9 Å². The van der Waals surface area contributed by atoms with Crippen LogP contribution in [0.5, 0.6) is 0 Å². The number of hydrogen-bond donors (Lipinski definition) is 2. The molecule has 3 aromatic rings. The van der Waals surface area contributed by atoms with Crippen molar-refractivity contribution in [1.82, 2.24) is 9.97 Å². The number of anilines is 2. The first-order valence-electron chi connectivity index (χ1n) is 7.57. The van der Waals surface area contributed by atoms with Crippen molar-refractivity contribution < 1.29 is 0 Å². The zero-order chi connectivity index (χ0) is 15.2. The fraction of sp³-hybridized carbons (Fsp3) is 0.222. The lowest BCUT2D eigenvalue weighted by Gasteiger charge is -2.09. The molecule has 0 fully saturated rings. The van der Waals surface area contributed by atoms with Crippen molar-refractivity contribution in [3.8, 4) is 0 Å². The van der Waals surface area contributed by atoms with E-state index < -0.39 is 0 Å². The van der Waals surface area contributed by atoms with E-state index in [0.717, 1.165) is 36.5 Å². The van der Waals surface area contributed by atoms with E-state index in [9.17, 15) is 0 Å². The molecule has 4 nitrogen and oxygen atoms in total. The van der Waals surface area contributed by atoms with E-state index in [1.165, 1.54) is 10.9 Å². The number of aryl methyl sites for hydroxylation is 1. The van der Waals surface area contributed by atoms with E-state index in [4.69, 9.17) is 0 Å². The monoisotopic (exact) mass is 292 g/mol. The Balaban J connectivity index is 1.49. The molecule has 0 amide bonds. The maximum absolute atomic E-state index is 4.43. The fourth-order valence-corrected chi connectivity index (χ4v) is 2.34. The molecule has 112 valence electrons. The normalized spacial score (nSPS) is 10.6. The average molecular weight is 292 g/mol. The van der Waals surface area contributed by atoms with Gasteiger partial charge in [-0.05, 0) is 36.4 Å². The van der Waals surface area contributed by atoms with Gasteiger partial charge in [0.15, 0.2) is 0 Å². The van der Waals surface area contributed by atoms with Gasteiger partial charge in [-0.1, -0.05) is 30.3 Å². The van der Waals surface area contributed by atoms with Crippen molar-refractivity contribution in [1.29, 1.82) is 0 Å². The first kappa shape index (κ1) is 14.3. The number of aromatic nitrogens is 2. The summed E-state index contributed by atoms with van der Waals surface area (Å²) in [4.78, 5) is 8.76. The van der Waals surface area contributed by atoms with Crippen molar-refractivity contribution in [3.63, 3.8) is 0 Å². The lowest BCUT2D eigenvalue weighted by molar-refractivity contribution is 0.900. The third-order valence-corrected chi connectivity index (χ3v) is 3.54. The standard InChI is InChI=1S/C18H20N4/c1-14-7-8-17(22-13-14)19-10-4-11-20-18-16-6-3-2-5-15(16)9-12-21-18/h2-3,5-9,12-13H,4,10-11H2,1H3,(H,19,22)(H,20,21). The van der Waals surface area contributed by atoms with Gasteiger partial charge in [0.2, 0.25) is 0 Å². The molecule has 0 radical (unpaired) electrons. The molecular weight excluding hydrogens is 272 g/mol. The van der Waals surface area contributed by atoms with Crippen LogP contribution < -0.4 is 10.6 Å². The van der Waals surface area contributed by atoms with Crippen LogP contribution in [-0.4, -0.2) is 23.1 Å². The van der Waals surface area contributed by atoms with Gasteiger partial charge in [-0.2, -0.15) is 0 Å². The SMILES string of the molecule is Cc1ccc(NCCCNc2nccc3ccccc23)nc1. The zero-order valence-corrected chi connectivity index (χ0v) is 12.7. The van der Waals surface area contributed by atoms with Crippen molar-refractivity contribution in [3.05, 3.63) is 60.4 Å². The Hall–Kier alpha value is -2.62. The molecule has 0 saturated heterocycles. The predicted molar refractivity (Wildman–Crippen MR) is 92.3 cm³/mol. The Morgan fingerprint density at radius 1 is 0.909 bits per heavy atom. The number of rotatable bonds is 6. The highest BCUT2D eigenvalue weighted by molar-refractivity contribution is 5.91. The second-order valence-electron chi connectivity index (χ2n) is 5.31. The van der Waals surface area contributed by atoms with E-state index >= 15 is 0 Å². The fourth-order valence-electron chi connectivity index (χ4n) is 2.34. The molecule has 1 aromatic carbocycles. The van der Waals surface area contributed by atoms with Crippen LogP contribution in [-0.2, 0) is 0 Å². The van der Waals surface area contributed by atoms with Gasteiger partial charge in [0.1, 0.15) is 11.6 Å². The van der Waals surface area contributed by atoms with Gasteiger partial charge in [-0.25, -0.2) is 9.97 Å². The van der Waals surface area contributed by atoms with Gasteiger partial charge in [0.05, 0.1) is 0 Å². The average Bonchev–Trinajstić information content (AvgIpc) is 2.56. The lowest BCUT2D eigenvalue weighted by Crippen LogP contribution is -2.10. The zero-order valence-electron chi connectivity index (χ0n) is 12.7. The van der Waals surface area contributed by atoms with Crippen LogP contribution in [0.4, 0.5) is 11.6 Å². The van der Waals surface area contributed by atoms with Crippen LogP contribution in [0, 0.1) is 6.92 Å². The van der Waals surface area contributed by atoms with Crippen molar-refractivity contribution in [2.75, 3.05) is 23.7 Å². The minimum Gasteiger partial charge on any atom is -0.370 e. The van der Waals surface area contributed by atoms with Crippen molar-refractivity contribution >= 4 is 22.4 Å². The molecule has 3 rings (SSSR count). The largest absolute Gasteiger partial charge is 0.370 e. The molecule has 22 heavy (non-hydrogen) atoms. The van der Waals surface area contributed by atoms with E-state index in [0.29, 0.717) is 0 Å². The third kappa shape index (κ3) is 3.52. The van der Waals surface area contributed by atoms with Crippen LogP contribution >= 0.6 is 0 Å². The Labute approximate surface area is 130 Å². The molecular formula is C18H20N4. The van der Waals surface area contributed by atoms with Crippen LogP contribution in [0.2, 0.25) is 0 Å². The highest BCUT2D eigenvalue weighted by atomic mass is 15.0. The van der Waals surface area contributed by atoms with Crippen LogP contribution in [0.25, 0.3) is 10.8 Å². The summed E-state index contributed by atoms with van der Waals surface area (Å²) in [5.41, 5.74) is 1.18. The topological polar surface area (TPSA) is 49.8 Å². The van der Waals surface area contributed by atoms with Gasteiger partial charge < -0.3 is 10.6 Å². The Bertz CT molecular complexity index is 732. The highest BCUT2D eigenvalue weighted by Crippen LogP contribution is 2.20. The van der Waals surface area contributed by atoms with E-state index in [1.807, 2.05) is 43.6 Å². The quantitative estimate of drug-likeness (QED) is 0.677. The lowest BCUT2D eigenvalue weighted by atomic mass is 10.1. The van der Waals surface area contributed by atoms with Crippen molar-refractivity contribution in [2.24, 2.45) is 0 Å². The maximum Gasteiger partial charge on any atom is 0.133 e. The summed E-state index contributed by atoms with van der Waals surface area (Å²) in [5, 5.41) is 9.11. The summed E-state index contributed by atoms with van der Waals surface area (Å²) in [6.07, 6.45) is 4.72. The smallest absolute Gasteiger partial charge is 0.133 e. The summed E-state index contributed by atoms with van der Waals surface area (Å²) in [5.74, 6) is 1.88. The number of nitrogens with one attached hydrogen (secondary N) is 2. The van der Waals surface area contributed by atoms with E-state index in [2.05, 4.69) is 38.8 Å². The molecule has 2 heterocycles. The van der Waals surface area contributed by atoms with E-state index in [-0.39, 0.29) is 0 Å². The molecule has 0 bridgehead atoms. The minimum atomic E-state index is 0.875. The number of pyridine rings is 2. The molecule has 0 aliphatic rings. The summed E-state index contributed by atoms with van der Waals surface area (Å²) < 4.78 is 0. The van der Waals surface area contributed by atoms with Gasteiger partial charge in [0.25, 0.3) is 0 Å². The number of fused-ring (bicyclic) bond motifs is 1. The molecule has 0 spiro atoms. The maximum atomic E-state index is 4.43. The van der Waals surface area contributed by atoms with Gasteiger partial charge in [-0.3, -0.25) is 0 Å². The molecule has 0 atom stereocenters. The van der Waals surface area contributed by atoms with Crippen molar-refractivity contribution in [2.45, 2.75) is 13.3 Å². The first-order valence-corrected chi connectivity index (χ1v) is 7.57. The summed E-state index contributed by atoms with van der Waals surface area (Å²) >= 11 is 0. The molecule has 0 aliphatic carbocycles. The van der Waals surface area contributed by atoms with Gasteiger partial charge in [-0.15, -0.1) is 0 Å². The van der Waals surface area contributed by atoms with Crippen LogP contribution in [0.1, 0.15) is 12.0 Å². The predicted octanol–water partition coefficient (Wildman–Crippen LogP) is 3.85. The molecule has 2 aromatic heterocycles. The number of nitrogens with zero attached hydrogens (tertiary/aromatic N) is 2.